The van der Waals surface area contributed by atoms with Gasteiger partial charge in [0, 0.05) is 43.7 Å². The van der Waals surface area contributed by atoms with E-state index in [-0.39, 0.29) is 11.8 Å². The lowest BCUT2D eigenvalue weighted by atomic mass is 9.97. The Labute approximate surface area is 144 Å². The number of rotatable bonds is 3. The van der Waals surface area contributed by atoms with Gasteiger partial charge in [0.15, 0.2) is 5.65 Å². The van der Waals surface area contributed by atoms with Crippen LogP contribution in [0.1, 0.15) is 21.6 Å². The molecule has 3 aromatic heterocycles. The van der Waals surface area contributed by atoms with Gasteiger partial charge in [0.25, 0.3) is 5.91 Å². The minimum atomic E-state index is -0.529. The van der Waals surface area contributed by atoms with Crippen LogP contribution in [0.2, 0.25) is 0 Å². The van der Waals surface area contributed by atoms with Gasteiger partial charge in [0.1, 0.15) is 0 Å². The zero-order valence-electron chi connectivity index (χ0n) is 13.9. The molecule has 0 aliphatic carbocycles. The first-order valence-corrected chi connectivity index (χ1v) is 8.29. The van der Waals surface area contributed by atoms with Crippen LogP contribution >= 0.6 is 0 Å². The summed E-state index contributed by atoms with van der Waals surface area (Å²) < 4.78 is 1.66. The molecule has 4 heterocycles. The van der Waals surface area contributed by atoms with Gasteiger partial charge in [-0.05, 0) is 31.0 Å². The molecule has 0 aromatic carbocycles. The van der Waals surface area contributed by atoms with Gasteiger partial charge < -0.3 is 10.0 Å². The van der Waals surface area contributed by atoms with E-state index in [0.29, 0.717) is 24.3 Å². The predicted molar refractivity (Wildman–Crippen MR) is 91.1 cm³/mol. The largest absolute Gasteiger partial charge is 0.391 e. The summed E-state index contributed by atoms with van der Waals surface area (Å²) in [5.74, 6) is -0.0910. The Hall–Kier alpha value is -2.80. The zero-order valence-corrected chi connectivity index (χ0v) is 13.9. The number of nitrogens with zero attached hydrogens (tertiary/aromatic N) is 5. The molecular formula is C18H19N5O2. The molecule has 25 heavy (non-hydrogen) atoms. The molecule has 1 aliphatic heterocycles. The average Bonchev–Trinajstić information content (AvgIpc) is 3.23. The molecule has 1 amide bonds. The van der Waals surface area contributed by atoms with Crippen molar-refractivity contribution in [3.8, 4) is 0 Å². The van der Waals surface area contributed by atoms with Crippen LogP contribution in [0.5, 0.6) is 0 Å². The first-order chi connectivity index (χ1) is 12.1. The quantitative estimate of drug-likeness (QED) is 0.774. The standard InChI is InChI=1S/C18H19N5O2/c1-12-15(9-20-17-4-7-21-23(12)17)18(25)22-10-14(16(24)11-22)8-13-2-5-19-6-3-13/h2-7,9,14,16,24H,8,10-11H2,1H3/t14-,16-/m1/s1. The third-order valence-electron chi connectivity index (χ3n) is 4.83. The van der Waals surface area contributed by atoms with E-state index in [1.165, 1.54) is 0 Å². The van der Waals surface area contributed by atoms with Crippen molar-refractivity contribution in [3.63, 3.8) is 0 Å². The Morgan fingerprint density at radius 2 is 2.04 bits per heavy atom. The van der Waals surface area contributed by atoms with Crippen LogP contribution in [0.15, 0.2) is 43.0 Å². The number of aliphatic hydroxyl groups is 1. The van der Waals surface area contributed by atoms with E-state index in [4.69, 9.17) is 0 Å². The highest BCUT2D eigenvalue weighted by molar-refractivity contribution is 5.95. The molecule has 0 unspecified atom stereocenters. The summed E-state index contributed by atoms with van der Waals surface area (Å²) in [6.07, 6.45) is 6.94. The molecule has 1 N–H and O–H groups in total. The van der Waals surface area contributed by atoms with E-state index < -0.39 is 6.10 Å². The molecular weight excluding hydrogens is 318 g/mol. The van der Waals surface area contributed by atoms with Crippen molar-refractivity contribution in [1.82, 2.24) is 24.5 Å². The Morgan fingerprint density at radius 3 is 2.84 bits per heavy atom. The molecule has 7 heteroatoms. The number of pyridine rings is 1. The van der Waals surface area contributed by atoms with Crippen LogP contribution in [-0.4, -0.2) is 54.7 Å². The molecule has 0 bridgehead atoms. The highest BCUT2D eigenvalue weighted by atomic mass is 16.3. The fourth-order valence-electron chi connectivity index (χ4n) is 3.41. The second-order valence-electron chi connectivity index (χ2n) is 6.46. The third-order valence-corrected chi connectivity index (χ3v) is 4.83. The van der Waals surface area contributed by atoms with Gasteiger partial charge >= 0.3 is 0 Å². The normalized spacial score (nSPS) is 20.3. The Kier molecular flexibility index (Phi) is 3.93. The highest BCUT2D eigenvalue weighted by Crippen LogP contribution is 2.23. The summed E-state index contributed by atoms with van der Waals surface area (Å²) in [5, 5.41) is 14.6. The van der Waals surface area contributed by atoms with Crippen molar-refractivity contribution in [2.75, 3.05) is 13.1 Å². The minimum absolute atomic E-state index is 0.0213. The van der Waals surface area contributed by atoms with Crippen molar-refractivity contribution in [3.05, 3.63) is 59.8 Å². The summed E-state index contributed by atoms with van der Waals surface area (Å²) in [6, 6.07) is 5.68. The fourth-order valence-corrected chi connectivity index (χ4v) is 3.41. The zero-order chi connectivity index (χ0) is 17.4. The van der Waals surface area contributed by atoms with E-state index in [1.807, 2.05) is 19.1 Å². The van der Waals surface area contributed by atoms with Crippen molar-refractivity contribution in [2.24, 2.45) is 5.92 Å². The molecule has 0 radical (unpaired) electrons. The van der Waals surface area contributed by atoms with E-state index in [1.54, 1.807) is 40.3 Å². The molecule has 7 nitrogen and oxygen atoms in total. The monoisotopic (exact) mass is 337 g/mol. The minimum Gasteiger partial charge on any atom is -0.391 e. The molecule has 1 aliphatic rings. The lowest BCUT2D eigenvalue weighted by Gasteiger charge is -2.17. The topological polar surface area (TPSA) is 83.6 Å². The van der Waals surface area contributed by atoms with Gasteiger partial charge in [0.2, 0.25) is 0 Å². The predicted octanol–water partition coefficient (Wildman–Crippen LogP) is 1.11. The van der Waals surface area contributed by atoms with Gasteiger partial charge in [-0.25, -0.2) is 9.50 Å². The van der Waals surface area contributed by atoms with Gasteiger partial charge in [-0.15, -0.1) is 0 Å². The maximum atomic E-state index is 12.9. The van der Waals surface area contributed by atoms with Crippen LogP contribution in [0.25, 0.3) is 5.65 Å². The van der Waals surface area contributed by atoms with Crippen LogP contribution < -0.4 is 0 Å². The van der Waals surface area contributed by atoms with Crippen molar-refractivity contribution >= 4 is 11.6 Å². The Balaban J connectivity index is 1.53. The van der Waals surface area contributed by atoms with Gasteiger partial charge in [-0.2, -0.15) is 5.10 Å². The summed E-state index contributed by atoms with van der Waals surface area (Å²) >= 11 is 0. The first-order valence-electron chi connectivity index (χ1n) is 8.29. The lowest BCUT2D eigenvalue weighted by Crippen LogP contribution is -2.30. The van der Waals surface area contributed by atoms with Crippen LogP contribution in [0.3, 0.4) is 0 Å². The maximum absolute atomic E-state index is 12.9. The van der Waals surface area contributed by atoms with Gasteiger partial charge in [-0.3, -0.25) is 9.78 Å². The van der Waals surface area contributed by atoms with E-state index >= 15 is 0 Å². The molecule has 0 saturated carbocycles. The highest BCUT2D eigenvalue weighted by Gasteiger charge is 2.35. The number of hydrogen-bond acceptors (Lipinski definition) is 5. The molecule has 1 fully saturated rings. The number of amides is 1. The summed E-state index contributed by atoms with van der Waals surface area (Å²) in [4.78, 5) is 22.9. The van der Waals surface area contributed by atoms with Crippen LogP contribution in [0.4, 0.5) is 0 Å². The number of carbonyl (C=O) groups is 1. The summed E-state index contributed by atoms with van der Waals surface area (Å²) in [6.45, 7) is 2.72. The third kappa shape index (κ3) is 2.87. The second-order valence-corrected chi connectivity index (χ2v) is 6.46. The number of hydrogen-bond donors (Lipinski definition) is 1. The molecule has 2 atom stereocenters. The Bertz CT molecular complexity index is 908. The smallest absolute Gasteiger partial charge is 0.257 e. The maximum Gasteiger partial charge on any atom is 0.257 e. The number of carbonyl (C=O) groups excluding carboxylic acids is 1. The molecule has 3 aromatic rings. The van der Waals surface area contributed by atoms with Crippen molar-refractivity contribution < 1.29 is 9.90 Å². The molecule has 1 saturated heterocycles. The van der Waals surface area contributed by atoms with E-state index in [9.17, 15) is 9.90 Å². The summed E-state index contributed by atoms with van der Waals surface area (Å²) in [5.41, 5.74) is 3.11. The van der Waals surface area contributed by atoms with Gasteiger partial charge in [0.05, 0.1) is 23.6 Å². The van der Waals surface area contributed by atoms with Crippen LogP contribution in [0, 0.1) is 12.8 Å². The van der Waals surface area contributed by atoms with Crippen molar-refractivity contribution in [1.29, 1.82) is 0 Å². The lowest BCUT2D eigenvalue weighted by molar-refractivity contribution is 0.0762. The number of fused-ring (bicyclic) bond motifs is 1. The number of β-amino-alcohol motifs (C(OH)–C–C–N with tert-alkyl or cyclic N) is 1. The molecule has 4 rings (SSSR count). The molecule has 0 spiro atoms. The van der Waals surface area contributed by atoms with E-state index in [0.717, 1.165) is 17.7 Å². The van der Waals surface area contributed by atoms with Crippen LogP contribution in [-0.2, 0) is 6.42 Å². The number of aromatic nitrogens is 4. The fraction of sp³-hybridized carbons (Fsp3) is 0.333. The van der Waals surface area contributed by atoms with E-state index in [2.05, 4.69) is 15.1 Å². The Morgan fingerprint density at radius 1 is 1.24 bits per heavy atom. The second kappa shape index (κ2) is 6.25. The van der Waals surface area contributed by atoms with Crippen molar-refractivity contribution in [2.45, 2.75) is 19.4 Å². The first kappa shape index (κ1) is 15.7. The number of aryl methyl sites for hydroxylation is 1. The number of aliphatic hydroxyl groups excluding tert-OH is 1. The molecule has 128 valence electrons. The SMILES string of the molecule is Cc1c(C(=O)N2C[C@@H](Cc3ccncc3)[C@H](O)C2)cnc2ccnn12. The number of likely N-dealkylation sites (tertiary alicyclic amines) is 1. The average molecular weight is 337 g/mol. The summed E-state index contributed by atoms with van der Waals surface area (Å²) in [7, 11) is 0. The van der Waals surface area contributed by atoms with Gasteiger partial charge in [-0.1, -0.05) is 0 Å².